The molecule has 0 spiro atoms. The Morgan fingerprint density at radius 3 is 2.17 bits per heavy atom. The number of methoxy groups -OCH3 is 1. The Labute approximate surface area is 172 Å². The molecule has 0 aliphatic heterocycles. The molecule has 0 saturated heterocycles. The predicted octanol–water partition coefficient (Wildman–Crippen LogP) is 5.82. The third-order valence-electron chi connectivity index (χ3n) is 6.13. The van der Waals surface area contributed by atoms with Crippen molar-refractivity contribution in [2.45, 2.75) is 65.2 Å². The van der Waals surface area contributed by atoms with Crippen LogP contribution in [0.2, 0.25) is 0 Å². The summed E-state index contributed by atoms with van der Waals surface area (Å²) in [7, 11) is 1.59. The van der Waals surface area contributed by atoms with Crippen molar-refractivity contribution in [3.63, 3.8) is 0 Å². The fraction of sp³-hybridized carbons (Fsp3) is 0.440. The van der Waals surface area contributed by atoms with Crippen LogP contribution >= 0.6 is 0 Å². The van der Waals surface area contributed by atoms with E-state index in [0.29, 0.717) is 42.1 Å². The number of hydrogen-bond acceptors (Lipinski definition) is 4. The minimum absolute atomic E-state index is 0.165. The summed E-state index contributed by atoms with van der Waals surface area (Å²) in [5.74, 6) is 1.31. The second-order valence-electron chi connectivity index (χ2n) is 7.61. The van der Waals surface area contributed by atoms with Crippen LogP contribution in [0, 0.1) is 0 Å². The summed E-state index contributed by atoms with van der Waals surface area (Å²) in [6.45, 7) is 8.15. The molecule has 1 aliphatic carbocycles. The number of hydrogen-bond donors (Lipinski definition) is 0. The first-order chi connectivity index (χ1) is 14.0. The van der Waals surface area contributed by atoms with Gasteiger partial charge in [0, 0.05) is 17.2 Å². The van der Waals surface area contributed by atoms with Gasteiger partial charge >= 0.3 is 0 Å². The first kappa shape index (κ1) is 21.1. The average molecular weight is 395 g/mol. The first-order valence-electron chi connectivity index (χ1n) is 10.6. The number of allylic oxidation sites excluding steroid dienone is 2. The average Bonchev–Trinajstić information content (AvgIpc) is 2.74. The summed E-state index contributed by atoms with van der Waals surface area (Å²) >= 11 is 0. The Kier molecular flexibility index (Phi) is 6.11. The first-order valence-corrected chi connectivity index (χ1v) is 10.6. The van der Waals surface area contributed by atoms with Gasteiger partial charge in [0.2, 0.25) is 0 Å². The van der Waals surface area contributed by atoms with Gasteiger partial charge in [0.05, 0.1) is 12.5 Å². The second kappa shape index (κ2) is 8.40. The van der Waals surface area contributed by atoms with Gasteiger partial charge in [-0.2, -0.15) is 0 Å². The molecular formula is C25H30O4. The summed E-state index contributed by atoms with van der Waals surface area (Å²) < 4.78 is 12.1. The lowest BCUT2D eigenvalue weighted by atomic mass is 9.69. The van der Waals surface area contributed by atoms with Crippen molar-refractivity contribution in [2.24, 2.45) is 0 Å². The predicted molar refractivity (Wildman–Crippen MR) is 115 cm³/mol. The highest BCUT2D eigenvalue weighted by Gasteiger charge is 2.47. The molecule has 154 valence electrons. The molecule has 1 aromatic carbocycles. The van der Waals surface area contributed by atoms with Crippen LogP contribution in [-0.2, 0) is 16.6 Å². The van der Waals surface area contributed by atoms with Crippen LogP contribution in [0.4, 0.5) is 0 Å². The molecule has 1 aliphatic rings. The van der Waals surface area contributed by atoms with E-state index in [1.165, 1.54) is 11.6 Å². The maximum Gasteiger partial charge on any atom is 0.199 e. The van der Waals surface area contributed by atoms with Crippen molar-refractivity contribution in [3.05, 3.63) is 68.8 Å². The normalized spacial score (nSPS) is 15.4. The van der Waals surface area contributed by atoms with Gasteiger partial charge in [-0.15, -0.1) is 0 Å². The maximum absolute atomic E-state index is 13.1. The molecule has 4 heteroatoms. The third-order valence-corrected chi connectivity index (χ3v) is 6.13. The maximum atomic E-state index is 13.1. The van der Waals surface area contributed by atoms with Crippen molar-refractivity contribution in [1.82, 2.24) is 0 Å². The molecule has 0 unspecified atom stereocenters. The fourth-order valence-electron chi connectivity index (χ4n) is 4.49. The third kappa shape index (κ3) is 3.35. The Bertz CT molecular complexity index is 988. The zero-order valence-electron chi connectivity index (χ0n) is 18.1. The van der Waals surface area contributed by atoms with Gasteiger partial charge in [-0.05, 0) is 31.2 Å². The number of carbonyl (C=O) groups is 1. The fourth-order valence-corrected chi connectivity index (χ4v) is 4.49. The zero-order valence-corrected chi connectivity index (χ0v) is 18.1. The number of benzene rings is 1. The van der Waals surface area contributed by atoms with E-state index in [2.05, 4.69) is 19.1 Å². The molecule has 1 heterocycles. The molecule has 0 bridgehead atoms. The molecule has 29 heavy (non-hydrogen) atoms. The van der Waals surface area contributed by atoms with Crippen molar-refractivity contribution in [2.75, 3.05) is 7.11 Å². The highest BCUT2D eigenvalue weighted by Crippen LogP contribution is 2.47. The van der Waals surface area contributed by atoms with Gasteiger partial charge in [-0.3, -0.25) is 9.59 Å². The number of Topliss-reactive ketones (excluding diaryl/α,β-unsaturated/α-hetero) is 1. The molecule has 0 atom stereocenters. The summed E-state index contributed by atoms with van der Waals surface area (Å²) in [5.41, 5.74) is 1.94. The van der Waals surface area contributed by atoms with Crippen LogP contribution in [0.15, 0.2) is 50.9 Å². The van der Waals surface area contributed by atoms with Crippen LogP contribution in [0.3, 0.4) is 0 Å². The molecular weight excluding hydrogens is 364 g/mol. The zero-order chi connectivity index (χ0) is 21.2. The van der Waals surface area contributed by atoms with Crippen molar-refractivity contribution in [3.8, 4) is 11.3 Å². The molecule has 0 fully saturated rings. The van der Waals surface area contributed by atoms with E-state index in [-0.39, 0.29) is 16.8 Å². The van der Waals surface area contributed by atoms with Gasteiger partial charge in [-0.1, -0.05) is 58.4 Å². The van der Waals surface area contributed by atoms with Crippen LogP contribution in [-0.4, -0.2) is 12.9 Å². The molecule has 1 aromatic heterocycles. The van der Waals surface area contributed by atoms with Crippen molar-refractivity contribution in [1.29, 1.82) is 0 Å². The van der Waals surface area contributed by atoms with Gasteiger partial charge < -0.3 is 9.15 Å². The van der Waals surface area contributed by atoms with Crippen LogP contribution < -0.4 is 5.43 Å². The number of ketones is 1. The number of carbonyl (C=O) groups excluding carboxylic acids is 1. The minimum atomic E-state index is -0.610. The van der Waals surface area contributed by atoms with Gasteiger partial charge in [-0.25, -0.2) is 0 Å². The molecule has 2 aromatic rings. The van der Waals surface area contributed by atoms with E-state index in [0.717, 1.165) is 18.4 Å². The van der Waals surface area contributed by atoms with E-state index in [9.17, 15) is 9.59 Å². The van der Waals surface area contributed by atoms with Crippen LogP contribution in [0.5, 0.6) is 0 Å². The monoisotopic (exact) mass is 394 g/mol. The van der Waals surface area contributed by atoms with Crippen LogP contribution in [0.25, 0.3) is 11.3 Å². The molecule has 0 radical (unpaired) electrons. The number of ether oxygens (including phenoxy) is 1. The Morgan fingerprint density at radius 2 is 1.66 bits per heavy atom. The highest BCUT2D eigenvalue weighted by molar-refractivity contribution is 6.11. The van der Waals surface area contributed by atoms with E-state index in [1.807, 2.05) is 32.9 Å². The van der Waals surface area contributed by atoms with E-state index in [1.54, 1.807) is 7.11 Å². The van der Waals surface area contributed by atoms with Crippen LogP contribution in [0.1, 0.15) is 75.1 Å². The van der Waals surface area contributed by atoms with Gasteiger partial charge in [0.25, 0.3) is 0 Å². The minimum Gasteiger partial charge on any atom is -0.500 e. The van der Waals surface area contributed by atoms with Gasteiger partial charge in [0.1, 0.15) is 22.8 Å². The standard InChI is InChI=1S/C25H30O4/c1-6-10-16-11-13-17(14-12-16)20-15-19(26)21-22(27)18(7-2)23(28-5)25(8-3,9-4)24(21)29-20/h11-15H,6-10H2,1-5H3. The van der Waals surface area contributed by atoms with E-state index < -0.39 is 5.41 Å². The highest BCUT2D eigenvalue weighted by atomic mass is 16.5. The molecule has 3 rings (SSSR count). The summed E-state index contributed by atoms with van der Waals surface area (Å²) in [6.07, 6.45) is 3.97. The Hall–Kier alpha value is -2.62. The summed E-state index contributed by atoms with van der Waals surface area (Å²) in [5, 5.41) is 0. The summed E-state index contributed by atoms with van der Waals surface area (Å²) in [4.78, 5) is 26.2. The smallest absolute Gasteiger partial charge is 0.199 e. The van der Waals surface area contributed by atoms with Crippen molar-refractivity contribution >= 4 is 5.78 Å². The van der Waals surface area contributed by atoms with E-state index in [4.69, 9.17) is 9.15 Å². The molecule has 0 N–H and O–H groups in total. The lowest BCUT2D eigenvalue weighted by Crippen LogP contribution is -2.39. The lowest BCUT2D eigenvalue weighted by molar-refractivity contribution is 0.0975. The number of fused-ring (bicyclic) bond motifs is 1. The largest absolute Gasteiger partial charge is 0.500 e. The Morgan fingerprint density at radius 1 is 1.00 bits per heavy atom. The molecule has 0 saturated carbocycles. The topological polar surface area (TPSA) is 56.5 Å². The van der Waals surface area contributed by atoms with Gasteiger partial charge in [0.15, 0.2) is 11.2 Å². The number of rotatable bonds is 7. The quantitative estimate of drug-likeness (QED) is 0.593. The molecule has 4 nitrogen and oxygen atoms in total. The van der Waals surface area contributed by atoms with E-state index >= 15 is 0 Å². The summed E-state index contributed by atoms with van der Waals surface area (Å²) in [6, 6.07) is 9.53. The second-order valence-corrected chi connectivity index (χ2v) is 7.61. The lowest BCUT2D eigenvalue weighted by Gasteiger charge is -2.37. The Balaban J connectivity index is 2.25. The van der Waals surface area contributed by atoms with Crippen molar-refractivity contribution < 1.29 is 13.9 Å². The number of aryl methyl sites for hydroxylation is 1. The SMILES string of the molecule is CCCc1ccc(-c2cc(=O)c3c(o2)C(CC)(CC)C(OC)=C(CC)C3=O)cc1. The molecule has 0 amide bonds.